The highest BCUT2D eigenvalue weighted by Gasteiger charge is 2.27. The largest absolute Gasteiger partial charge is 0.507 e. The van der Waals surface area contributed by atoms with Crippen LogP contribution >= 0.6 is 0 Å². The first-order chi connectivity index (χ1) is 12.7. The monoisotopic (exact) mass is 389 g/mol. The van der Waals surface area contributed by atoms with E-state index in [1.807, 2.05) is 0 Å². The number of carbonyl (C=O) groups is 2. The minimum atomic E-state index is -3.35. The van der Waals surface area contributed by atoms with Crippen LogP contribution in [0, 0.1) is 6.92 Å². The lowest BCUT2D eigenvalue weighted by Gasteiger charge is -2.16. The summed E-state index contributed by atoms with van der Waals surface area (Å²) in [5.41, 5.74) is 2.19. The number of para-hydroxylation sites is 1. The third-order valence-electron chi connectivity index (χ3n) is 4.45. The van der Waals surface area contributed by atoms with Crippen molar-refractivity contribution < 1.29 is 27.9 Å². The molecule has 0 radical (unpaired) electrons. The van der Waals surface area contributed by atoms with Gasteiger partial charge in [-0.15, -0.1) is 0 Å². The number of benzene rings is 2. The fourth-order valence-electron chi connectivity index (χ4n) is 3.01. The molecule has 1 aliphatic rings. The zero-order valence-corrected chi connectivity index (χ0v) is 15.7. The molecule has 0 atom stereocenters. The van der Waals surface area contributed by atoms with Crippen molar-refractivity contribution in [3.63, 3.8) is 0 Å². The molecule has 142 valence electrons. The Balaban J connectivity index is 1.71. The molecule has 7 nitrogen and oxygen atoms in total. The number of aryl methyl sites for hydroxylation is 1. The van der Waals surface area contributed by atoms with E-state index < -0.39 is 28.4 Å². The molecule has 1 aliphatic heterocycles. The molecule has 2 aromatic rings. The van der Waals surface area contributed by atoms with E-state index in [-0.39, 0.29) is 11.3 Å². The lowest BCUT2D eigenvalue weighted by atomic mass is 10.1. The van der Waals surface area contributed by atoms with E-state index in [1.165, 1.54) is 16.4 Å². The molecule has 27 heavy (non-hydrogen) atoms. The molecule has 0 amide bonds. The lowest BCUT2D eigenvalue weighted by Crippen LogP contribution is -2.27. The smallest absolute Gasteiger partial charge is 0.342 e. The van der Waals surface area contributed by atoms with Crippen molar-refractivity contribution in [1.82, 2.24) is 0 Å². The van der Waals surface area contributed by atoms with E-state index in [0.29, 0.717) is 29.8 Å². The van der Waals surface area contributed by atoms with Crippen LogP contribution < -0.4 is 4.31 Å². The predicted molar refractivity (Wildman–Crippen MR) is 99.8 cm³/mol. The maximum Gasteiger partial charge on any atom is 0.342 e. The molecule has 0 saturated heterocycles. The van der Waals surface area contributed by atoms with Crippen LogP contribution in [0.5, 0.6) is 5.75 Å². The molecular weight excluding hydrogens is 370 g/mol. The second-order valence-corrected chi connectivity index (χ2v) is 8.31. The van der Waals surface area contributed by atoms with Crippen molar-refractivity contribution >= 4 is 27.5 Å². The first-order valence-corrected chi connectivity index (χ1v) is 10.1. The minimum Gasteiger partial charge on any atom is -0.507 e. The third-order valence-corrected chi connectivity index (χ3v) is 5.63. The van der Waals surface area contributed by atoms with E-state index in [0.717, 1.165) is 11.8 Å². The van der Waals surface area contributed by atoms with Crippen molar-refractivity contribution in [3.8, 4) is 5.75 Å². The standard InChI is InChI=1S/C19H19NO6S/c1-12-4-3-5-15(18(12)22)19(23)26-11-17(21)14-6-7-16-13(10-14)8-9-20(16)27(2,24)25/h3-7,10,22H,8-9,11H2,1-2H3. The van der Waals surface area contributed by atoms with Gasteiger partial charge in [0, 0.05) is 12.1 Å². The SMILES string of the molecule is Cc1cccc(C(=O)OCC(=O)c2ccc3c(c2)CCN3S(C)(=O)=O)c1O. The van der Waals surface area contributed by atoms with Gasteiger partial charge in [0.15, 0.2) is 12.4 Å². The number of phenols is 1. The summed E-state index contributed by atoms with van der Waals surface area (Å²) in [5, 5.41) is 9.91. The van der Waals surface area contributed by atoms with Gasteiger partial charge in [-0.2, -0.15) is 0 Å². The quantitative estimate of drug-likeness (QED) is 0.621. The molecule has 1 heterocycles. The highest BCUT2D eigenvalue weighted by molar-refractivity contribution is 7.92. The number of hydrogen-bond acceptors (Lipinski definition) is 6. The topological polar surface area (TPSA) is 101 Å². The number of Topliss-reactive ketones (excluding diaryl/α,β-unsaturated/α-hetero) is 1. The number of rotatable bonds is 5. The van der Waals surface area contributed by atoms with Crippen LogP contribution in [0.25, 0.3) is 0 Å². The van der Waals surface area contributed by atoms with Gasteiger partial charge in [0.1, 0.15) is 11.3 Å². The Hall–Kier alpha value is -2.87. The molecule has 8 heteroatoms. The highest BCUT2D eigenvalue weighted by atomic mass is 32.2. The second-order valence-electron chi connectivity index (χ2n) is 6.40. The Morgan fingerprint density at radius 2 is 1.96 bits per heavy atom. The van der Waals surface area contributed by atoms with Crippen molar-refractivity contribution in [3.05, 3.63) is 58.7 Å². The Labute approximate surface area is 157 Å². The van der Waals surface area contributed by atoms with E-state index in [9.17, 15) is 23.1 Å². The van der Waals surface area contributed by atoms with Crippen LogP contribution in [0.3, 0.4) is 0 Å². The fraction of sp³-hybridized carbons (Fsp3) is 0.263. The molecular formula is C19H19NO6S. The summed E-state index contributed by atoms with van der Waals surface area (Å²) in [6.07, 6.45) is 1.65. The van der Waals surface area contributed by atoms with Crippen LogP contribution in [0.4, 0.5) is 5.69 Å². The molecule has 0 aliphatic carbocycles. The summed E-state index contributed by atoms with van der Waals surface area (Å²) >= 11 is 0. The van der Waals surface area contributed by atoms with Crippen LogP contribution in [0.2, 0.25) is 0 Å². The minimum absolute atomic E-state index is 0.000507. The number of carbonyl (C=O) groups excluding carboxylic acids is 2. The average Bonchev–Trinajstić information content (AvgIpc) is 3.05. The second kappa shape index (κ2) is 7.03. The summed E-state index contributed by atoms with van der Waals surface area (Å²) in [6.45, 7) is 1.52. The van der Waals surface area contributed by atoms with Crippen LogP contribution in [0.1, 0.15) is 31.8 Å². The first kappa shape index (κ1) is 18.9. The Bertz CT molecular complexity index is 1030. The van der Waals surface area contributed by atoms with E-state index >= 15 is 0 Å². The molecule has 0 fully saturated rings. The fourth-order valence-corrected chi connectivity index (χ4v) is 3.96. The summed E-state index contributed by atoms with van der Waals surface area (Å²) in [7, 11) is -3.35. The predicted octanol–water partition coefficient (Wildman–Crippen LogP) is 2.06. The number of anilines is 1. The highest BCUT2D eigenvalue weighted by Crippen LogP contribution is 2.31. The van der Waals surface area contributed by atoms with Crippen LogP contribution in [-0.4, -0.2) is 44.7 Å². The maximum atomic E-state index is 12.3. The number of aromatic hydroxyl groups is 1. The summed E-state index contributed by atoms with van der Waals surface area (Å²) in [5.74, 6) is -1.36. The summed E-state index contributed by atoms with van der Waals surface area (Å²) < 4.78 is 29.8. The number of fused-ring (bicyclic) bond motifs is 1. The van der Waals surface area contributed by atoms with Crippen LogP contribution in [-0.2, 0) is 21.2 Å². The van der Waals surface area contributed by atoms with Crippen molar-refractivity contribution in [2.75, 3.05) is 23.7 Å². The summed E-state index contributed by atoms with van der Waals surface area (Å²) in [6, 6.07) is 9.42. The summed E-state index contributed by atoms with van der Waals surface area (Å²) in [4.78, 5) is 24.4. The number of sulfonamides is 1. The number of esters is 1. The van der Waals surface area contributed by atoms with Gasteiger partial charge in [-0.3, -0.25) is 9.10 Å². The molecule has 0 aromatic heterocycles. The van der Waals surface area contributed by atoms with Gasteiger partial charge < -0.3 is 9.84 Å². The van der Waals surface area contributed by atoms with Crippen LogP contribution in [0.15, 0.2) is 36.4 Å². The maximum absolute atomic E-state index is 12.3. The normalized spacial score (nSPS) is 13.3. The molecule has 1 N–H and O–H groups in total. The zero-order chi connectivity index (χ0) is 19.8. The molecule has 0 unspecified atom stereocenters. The van der Waals surface area contributed by atoms with Crippen molar-refractivity contribution in [2.24, 2.45) is 0 Å². The van der Waals surface area contributed by atoms with E-state index in [1.54, 1.807) is 31.2 Å². The number of ether oxygens (including phenoxy) is 1. The lowest BCUT2D eigenvalue weighted by molar-refractivity contribution is 0.0471. The van der Waals surface area contributed by atoms with Gasteiger partial charge in [0.25, 0.3) is 0 Å². The first-order valence-electron chi connectivity index (χ1n) is 8.28. The molecule has 0 spiro atoms. The Morgan fingerprint density at radius 1 is 1.22 bits per heavy atom. The number of phenolic OH excluding ortho intramolecular Hbond substituents is 1. The van der Waals surface area contributed by atoms with Gasteiger partial charge in [-0.05, 0) is 48.7 Å². The number of nitrogens with zero attached hydrogens (tertiary/aromatic N) is 1. The average molecular weight is 389 g/mol. The molecule has 0 bridgehead atoms. The van der Waals surface area contributed by atoms with Gasteiger partial charge in [0.2, 0.25) is 10.0 Å². The van der Waals surface area contributed by atoms with Crippen molar-refractivity contribution in [2.45, 2.75) is 13.3 Å². The van der Waals surface area contributed by atoms with Gasteiger partial charge >= 0.3 is 5.97 Å². The number of hydrogen-bond donors (Lipinski definition) is 1. The van der Waals surface area contributed by atoms with Crippen molar-refractivity contribution in [1.29, 1.82) is 0 Å². The van der Waals surface area contributed by atoms with E-state index in [4.69, 9.17) is 4.74 Å². The number of ketones is 1. The third kappa shape index (κ3) is 3.80. The van der Waals surface area contributed by atoms with Gasteiger partial charge in [-0.25, -0.2) is 13.2 Å². The molecule has 0 saturated carbocycles. The molecule has 2 aromatic carbocycles. The van der Waals surface area contributed by atoms with Gasteiger partial charge in [0.05, 0.1) is 11.9 Å². The Kier molecular flexibility index (Phi) is 4.93. The molecule has 3 rings (SSSR count). The Morgan fingerprint density at radius 3 is 2.67 bits per heavy atom. The van der Waals surface area contributed by atoms with Gasteiger partial charge in [-0.1, -0.05) is 12.1 Å². The zero-order valence-electron chi connectivity index (χ0n) is 14.9. The van der Waals surface area contributed by atoms with E-state index in [2.05, 4.69) is 0 Å².